The summed E-state index contributed by atoms with van der Waals surface area (Å²) in [6, 6.07) is 6.74. The van der Waals surface area contributed by atoms with Crippen molar-refractivity contribution in [2.24, 2.45) is 7.05 Å². The molecule has 4 heterocycles. The molecule has 0 radical (unpaired) electrons. The Morgan fingerprint density at radius 3 is 2.87 bits per heavy atom. The topological polar surface area (TPSA) is 70.1 Å². The van der Waals surface area contributed by atoms with E-state index in [1.54, 1.807) is 6.92 Å². The smallest absolute Gasteiger partial charge is 0.219 e. The SMILES string of the molecule is CC[C@H]1CCN(c2n[nH]c3c2CN(C(C)=O)CC3)c2ccc(-c3cnn(C)c3)cc21. The summed E-state index contributed by atoms with van der Waals surface area (Å²) in [5.74, 6) is 1.64. The number of anilines is 2. The molecule has 0 spiro atoms. The van der Waals surface area contributed by atoms with Crippen LogP contribution in [0.2, 0.25) is 0 Å². The van der Waals surface area contributed by atoms with Gasteiger partial charge in [-0.25, -0.2) is 0 Å². The Morgan fingerprint density at radius 1 is 1.27 bits per heavy atom. The Labute approximate surface area is 176 Å². The Morgan fingerprint density at radius 2 is 2.13 bits per heavy atom. The standard InChI is InChI=1S/C23H28N6O/c1-4-16-7-10-29(23-20-14-28(15(2)30)9-8-21(20)25-26-23)22-6-5-17(11-19(16)22)18-12-24-27(3)13-18/h5-6,11-13,16H,4,7-10,14H2,1-3H3,(H,25,26)/t16-/m0/s1. The third-order valence-corrected chi connectivity index (χ3v) is 6.60. The molecule has 1 N–H and O–H groups in total. The molecule has 0 bridgehead atoms. The van der Waals surface area contributed by atoms with Crippen LogP contribution < -0.4 is 4.90 Å². The molecule has 1 aromatic carbocycles. The quantitative estimate of drug-likeness (QED) is 0.722. The van der Waals surface area contributed by atoms with Crippen LogP contribution in [-0.2, 0) is 24.8 Å². The minimum Gasteiger partial charge on any atom is -0.338 e. The van der Waals surface area contributed by atoms with Gasteiger partial charge in [0.1, 0.15) is 0 Å². The number of H-pyrrole nitrogens is 1. The molecule has 5 rings (SSSR count). The van der Waals surface area contributed by atoms with E-state index in [0.29, 0.717) is 12.5 Å². The van der Waals surface area contributed by atoms with Gasteiger partial charge in [-0.3, -0.25) is 14.6 Å². The second-order valence-electron chi connectivity index (χ2n) is 8.42. The second-order valence-corrected chi connectivity index (χ2v) is 8.42. The number of hydrogen-bond acceptors (Lipinski definition) is 4. The number of amides is 1. The minimum atomic E-state index is 0.124. The van der Waals surface area contributed by atoms with Crippen molar-refractivity contribution in [1.29, 1.82) is 0 Å². The number of carbonyl (C=O) groups is 1. The lowest BCUT2D eigenvalue weighted by atomic mass is 9.86. The molecule has 0 saturated carbocycles. The zero-order valence-corrected chi connectivity index (χ0v) is 17.9. The third kappa shape index (κ3) is 3.09. The normalized spacial score (nSPS) is 18.3. The summed E-state index contributed by atoms with van der Waals surface area (Å²) in [6.07, 6.45) is 7.03. The molecule has 30 heavy (non-hydrogen) atoms. The molecule has 0 aliphatic carbocycles. The van der Waals surface area contributed by atoms with Crippen LogP contribution in [0.1, 0.15) is 49.4 Å². The number of hydrogen-bond donors (Lipinski definition) is 1. The van der Waals surface area contributed by atoms with E-state index in [2.05, 4.69) is 46.4 Å². The molecule has 0 fully saturated rings. The predicted octanol–water partition coefficient (Wildman–Crippen LogP) is 3.75. The molecule has 0 saturated heterocycles. The van der Waals surface area contributed by atoms with E-state index in [-0.39, 0.29) is 5.91 Å². The van der Waals surface area contributed by atoms with Gasteiger partial charge in [-0.1, -0.05) is 13.0 Å². The van der Waals surface area contributed by atoms with Crippen LogP contribution in [0.15, 0.2) is 30.6 Å². The first-order valence-corrected chi connectivity index (χ1v) is 10.8. The number of aryl methyl sites for hydroxylation is 1. The van der Waals surface area contributed by atoms with Crippen molar-refractivity contribution in [3.8, 4) is 11.1 Å². The Balaban J connectivity index is 1.55. The molecule has 3 aromatic rings. The van der Waals surface area contributed by atoms with Gasteiger partial charge in [-0.05, 0) is 42.0 Å². The predicted molar refractivity (Wildman–Crippen MR) is 117 cm³/mol. The zero-order valence-electron chi connectivity index (χ0n) is 17.9. The van der Waals surface area contributed by atoms with Crippen LogP contribution in [0, 0.1) is 0 Å². The highest BCUT2D eigenvalue weighted by Gasteiger charge is 2.31. The number of aromatic nitrogens is 4. The lowest BCUT2D eigenvalue weighted by Crippen LogP contribution is -2.35. The maximum atomic E-state index is 11.9. The number of nitrogens with one attached hydrogen (secondary N) is 1. The maximum absolute atomic E-state index is 11.9. The molecule has 156 valence electrons. The summed E-state index contributed by atoms with van der Waals surface area (Å²) < 4.78 is 1.84. The lowest BCUT2D eigenvalue weighted by Gasteiger charge is -2.36. The summed E-state index contributed by atoms with van der Waals surface area (Å²) in [5, 5.41) is 12.3. The van der Waals surface area contributed by atoms with Crippen LogP contribution >= 0.6 is 0 Å². The molecule has 2 aromatic heterocycles. The van der Waals surface area contributed by atoms with E-state index in [1.165, 1.54) is 16.8 Å². The molecular formula is C23H28N6O. The minimum absolute atomic E-state index is 0.124. The van der Waals surface area contributed by atoms with E-state index in [9.17, 15) is 4.79 Å². The molecule has 7 heteroatoms. The Kier molecular flexibility index (Phi) is 4.60. The largest absolute Gasteiger partial charge is 0.338 e. The summed E-state index contributed by atoms with van der Waals surface area (Å²) >= 11 is 0. The second kappa shape index (κ2) is 7.31. The van der Waals surface area contributed by atoms with Crippen molar-refractivity contribution < 1.29 is 4.79 Å². The van der Waals surface area contributed by atoms with Crippen LogP contribution in [0.5, 0.6) is 0 Å². The van der Waals surface area contributed by atoms with E-state index in [4.69, 9.17) is 5.10 Å². The van der Waals surface area contributed by atoms with Crippen LogP contribution in [0.25, 0.3) is 11.1 Å². The van der Waals surface area contributed by atoms with Gasteiger partial charge in [0.05, 0.1) is 12.7 Å². The monoisotopic (exact) mass is 404 g/mol. The number of fused-ring (bicyclic) bond motifs is 2. The van der Waals surface area contributed by atoms with Crippen LogP contribution in [0.4, 0.5) is 11.5 Å². The highest BCUT2D eigenvalue weighted by atomic mass is 16.2. The summed E-state index contributed by atoms with van der Waals surface area (Å²) in [5.41, 5.74) is 7.27. The molecule has 7 nitrogen and oxygen atoms in total. The Hall–Kier alpha value is -3.09. The summed E-state index contributed by atoms with van der Waals surface area (Å²) in [4.78, 5) is 16.2. The molecule has 2 aliphatic heterocycles. The van der Waals surface area contributed by atoms with Crippen LogP contribution in [-0.4, -0.2) is 43.9 Å². The number of nitrogens with zero attached hydrogens (tertiary/aromatic N) is 5. The van der Waals surface area contributed by atoms with E-state index >= 15 is 0 Å². The zero-order chi connectivity index (χ0) is 20.8. The van der Waals surface area contributed by atoms with Gasteiger partial charge in [0.15, 0.2) is 5.82 Å². The molecule has 2 aliphatic rings. The molecule has 0 unspecified atom stereocenters. The lowest BCUT2D eigenvalue weighted by molar-refractivity contribution is -0.129. The number of benzene rings is 1. The first kappa shape index (κ1) is 18.9. The van der Waals surface area contributed by atoms with Crippen molar-refractivity contribution in [2.45, 2.75) is 45.6 Å². The average Bonchev–Trinajstić information content (AvgIpc) is 3.38. The first-order valence-electron chi connectivity index (χ1n) is 10.8. The maximum Gasteiger partial charge on any atom is 0.219 e. The van der Waals surface area contributed by atoms with E-state index in [0.717, 1.165) is 55.0 Å². The van der Waals surface area contributed by atoms with Gasteiger partial charge < -0.3 is 9.80 Å². The van der Waals surface area contributed by atoms with Crippen LogP contribution in [0.3, 0.4) is 0 Å². The number of rotatable bonds is 3. The summed E-state index contributed by atoms with van der Waals surface area (Å²) in [7, 11) is 1.95. The van der Waals surface area contributed by atoms with Gasteiger partial charge in [-0.15, -0.1) is 0 Å². The van der Waals surface area contributed by atoms with E-state index < -0.39 is 0 Å². The van der Waals surface area contributed by atoms with Gasteiger partial charge in [0.2, 0.25) is 5.91 Å². The van der Waals surface area contributed by atoms with Crippen molar-refractivity contribution in [2.75, 3.05) is 18.0 Å². The first-order chi connectivity index (χ1) is 14.5. The van der Waals surface area contributed by atoms with Crippen molar-refractivity contribution in [1.82, 2.24) is 24.9 Å². The van der Waals surface area contributed by atoms with Crippen molar-refractivity contribution in [3.05, 3.63) is 47.4 Å². The fraction of sp³-hybridized carbons (Fsp3) is 0.435. The van der Waals surface area contributed by atoms with Gasteiger partial charge in [0.25, 0.3) is 0 Å². The van der Waals surface area contributed by atoms with Gasteiger partial charge >= 0.3 is 0 Å². The van der Waals surface area contributed by atoms with Crippen molar-refractivity contribution >= 4 is 17.4 Å². The van der Waals surface area contributed by atoms with Crippen molar-refractivity contribution in [3.63, 3.8) is 0 Å². The third-order valence-electron chi connectivity index (χ3n) is 6.60. The van der Waals surface area contributed by atoms with Gasteiger partial charge in [-0.2, -0.15) is 10.2 Å². The highest BCUT2D eigenvalue weighted by Crippen LogP contribution is 2.43. The highest BCUT2D eigenvalue weighted by molar-refractivity contribution is 5.76. The fourth-order valence-electron chi connectivity index (χ4n) is 4.85. The Bertz CT molecular complexity index is 1100. The molecule has 1 amide bonds. The molecule has 1 atom stereocenters. The number of carbonyl (C=O) groups excluding carboxylic acids is 1. The fourth-order valence-corrected chi connectivity index (χ4v) is 4.85. The average molecular weight is 405 g/mol. The summed E-state index contributed by atoms with van der Waals surface area (Å²) in [6.45, 7) is 6.24. The van der Waals surface area contributed by atoms with E-state index in [1.807, 2.05) is 22.8 Å². The molecular weight excluding hydrogens is 376 g/mol. The van der Waals surface area contributed by atoms with Gasteiger partial charge in [0, 0.05) is 62.2 Å². The number of aromatic amines is 1.